The van der Waals surface area contributed by atoms with Crippen molar-refractivity contribution < 1.29 is 14.6 Å². The highest BCUT2D eigenvalue weighted by molar-refractivity contribution is 6.13. The van der Waals surface area contributed by atoms with Crippen molar-refractivity contribution in [2.45, 2.75) is 19.4 Å². The van der Waals surface area contributed by atoms with Crippen LogP contribution in [0.1, 0.15) is 23.7 Å². The second-order valence-corrected chi connectivity index (χ2v) is 5.31. The van der Waals surface area contributed by atoms with E-state index in [4.69, 9.17) is 4.74 Å². The van der Waals surface area contributed by atoms with Gasteiger partial charge >= 0.3 is 0 Å². The molecule has 5 nitrogen and oxygen atoms in total. The van der Waals surface area contributed by atoms with E-state index in [-0.39, 0.29) is 23.4 Å². The van der Waals surface area contributed by atoms with E-state index in [0.717, 1.165) is 12.1 Å². The first-order valence-corrected chi connectivity index (χ1v) is 7.49. The number of carbonyl (C=O) groups is 1. The molecule has 0 radical (unpaired) electrons. The van der Waals surface area contributed by atoms with E-state index in [2.05, 4.69) is 4.99 Å². The molecule has 1 N–H and O–H groups in total. The predicted molar refractivity (Wildman–Crippen MR) is 90.1 cm³/mol. The zero-order valence-corrected chi connectivity index (χ0v) is 13.1. The number of benzene rings is 2. The average molecular weight is 310 g/mol. The molecule has 1 unspecified atom stereocenters. The Morgan fingerprint density at radius 1 is 1.26 bits per heavy atom. The van der Waals surface area contributed by atoms with Gasteiger partial charge < -0.3 is 9.84 Å². The van der Waals surface area contributed by atoms with Gasteiger partial charge in [0.05, 0.1) is 24.4 Å². The number of aliphatic imine (C=N–C) groups is 1. The van der Waals surface area contributed by atoms with E-state index in [1.807, 2.05) is 37.3 Å². The van der Waals surface area contributed by atoms with Crippen molar-refractivity contribution in [3.8, 4) is 11.5 Å². The fourth-order valence-corrected chi connectivity index (χ4v) is 2.70. The van der Waals surface area contributed by atoms with Crippen LogP contribution in [-0.2, 0) is 0 Å². The maximum atomic E-state index is 13.1. The maximum Gasteiger partial charge on any atom is 0.261 e. The van der Waals surface area contributed by atoms with E-state index in [1.54, 1.807) is 17.2 Å². The number of anilines is 1. The first kappa shape index (κ1) is 15.1. The molecule has 23 heavy (non-hydrogen) atoms. The topological polar surface area (TPSA) is 62.1 Å². The molecular weight excluding hydrogens is 292 g/mol. The average Bonchev–Trinajstić information content (AvgIpc) is 2.71. The third-order valence-corrected chi connectivity index (χ3v) is 3.92. The summed E-state index contributed by atoms with van der Waals surface area (Å²) >= 11 is 0. The van der Waals surface area contributed by atoms with Crippen LogP contribution in [0.5, 0.6) is 11.5 Å². The van der Waals surface area contributed by atoms with Gasteiger partial charge in [-0.3, -0.25) is 14.7 Å². The summed E-state index contributed by atoms with van der Waals surface area (Å²) in [6.07, 6.45) is 2.49. The van der Waals surface area contributed by atoms with Crippen molar-refractivity contribution in [3.05, 3.63) is 48.0 Å². The Hall–Kier alpha value is -2.82. The molecule has 3 rings (SSSR count). The number of hydrogen-bond donors (Lipinski definition) is 1. The number of phenolic OH excluding ortho intramolecular Hbond substituents is 1. The third kappa shape index (κ3) is 2.65. The Morgan fingerprint density at radius 2 is 2.00 bits per heavy atom. The minimum atomic E-state index is -0.158. The Morgan fingerprint density at radius 3 is 2.65 bits per heavy atom. The molecule has 0 aromatic heterocycles. The zero-order chi connectivity index (χ0) is 16.4. The number of methoxy groups -OCH3 is 1. The highest BCUT2D eigenvalue weighted by Gasteiger charge is 2.29. The Balaban J connectivity index is 2.15. The molecule has 0 fully saturated rings. The SMILES string of the molecule is CCC1C=Nc2cc(O)c(OC)cc2C(=O)N1c1ccccc1. The fourth-order valence-electron chi connectivity index (χ4n) is 2.70. The van der Waals surface area contributed by atoms with Crippen LogP contribution in [0.15, 0.2) is 47.5 Å². The molecule has 0 bridgehead atoms. The quantitative estimate of drug-likeness (QED) is 0.943. The summed E-state index contributed by atoms with van der Waals surface area (Å²) in [5.41, 5.74) is 1.68. The molecule has 1 aliphatic rings. The van der Waals surface area contributed by atoms with E-state index < -0.39 is 0 Å². The summed E-state index contributed by atoms with van der Waals surface area (Å²) < 4.78 is 5.12. The van der Waals surface area contributed by atoms with Crippen LogP contribution in [0.4, 0.5) is 11.4 Å². The van der Waals surface area contributed by atoms with Crippen LogP contribution in [0.3, 0.4) is 0 Å². The van der Waals surface area contributed by atoms with Gasteiger partial charge in [-0.25, -0.2) is 0 Å². The van der Waals surface area contributed by atoms with Gasteiger partial charge in [0.2, 0.25) is 0 Å². The van der Waals surface area contributed by atoms with Crippen LogP contribution >= 0.6 is 0 Å². The molecule has 0 aliphatic carbocycles. The van der Waals surface area contributed by atoms with Crippen molar-refractivity contribution >= 4 is 23.5 Å². The molecule has 118 valence electrons. The summed E-state index contributed by atoms with van der Waals surface area (Å²) in [5, 5.41) is 9.93. The van der Waals surface area contributed by atoms with Crippen LogP contribution in [0, 0.1) is 0 Å². The van der Waals surface area contributed by atoms with Gasteiger partial charge in [-0.1, -0.05) is 25.1 Å². The molecule has 1 aliphatic heterocycles. The van der Waals surface area contributed by atoms with Crippen molar-refractivity contribution in [1.29, 1.82) is 0 Å². The van der Waals surface area contributed by atoms with Crippen molar-refractivity contribution in [1.82, 2.24) is 0 Å². The number of fused-ring (bicyclic) bond motifs is 1. The minimum Gasteiger partial charge on any atom is -0.504 e. The number of carbonyl (C=O) groups excluding carboxylic acids is 1. The number of ether oxygens (including phenoxy) is 1. The Kier molecular flexibility index (Phi) is 4.02. The lowest BCUT2D eigenvalue weighted by atomic mass is 10.1. The molecule has 0 spiro atoms. The fraction of sp³-hybridized carbons (Fsp3) is 0.222. The smallest absolute Gasteiger partial charge is 0.261 e. The number of aromatic hydroxyl groups is 1. The van der Waals surface area contributed by atoms with Crippen molar-refractivity contribution in [3.63, 3.8) is 0 Å². The molecule has 1 amide bonds. The normalized spacial score (nSPS) is 16.9. The number of para-hydroxylation sites is 1. The van der Waals surface area contributed by atoms with Crippen molar-refractivity contribution in [2.24, 2.45) is 4.99 Å². The van der Waals surface area contributed by atoms with Gasteiger partial charge in [0.15, 0.2) is 11.5 Å². The minimum absolute atomic E-state index is 0.0302. The molecule has 1 atom stereocenters. The third-order valence-electron chi connectivity index (χ3n) is 3.92. The molecule has 0 saturated heterocycles. The van der Waals surface area contributed by atoms with Gasteiger partial charge in [0.25, 0.3) is 5.91 Å². The zero-order valence-electron chi connectivity index (χ0n) is 13.1. The largest absolute Gasteiger partial charge is 0.504 e. The number of nitrogens with zero attached hydrogens (tertiary/aromatic N) is 2. The number of hydrogen-bond acceptors (Lipinski definition) is 4. The number of phenols is 1. The summed E-state index contributed by atoms with van der Waals surface area (Å²) in [6, 6.07) is 12.4. The lowest BCUT2D eigenvalue weighted by molar-refractivity contribution is 0.0984. The molecule has 2 aromatic carbocycles. The lowest BCUT2D eigenvalue weighted by Crippen LogP contribution is -2.40. The second kappa shape index (κ2) is 6.12. The van der Waals surface area contributed by atoms with Crippen LogP contribution in [0.2, 0.25) is 0 Å². The van der Waals surface area contributed by atoms with E-state index in [9.17, 15) is 9.90 Å². The van der Waals surface area contributed by atoms with E-state index >= 15 is 0 Å². The first-order chi connectivity index (χ1) is 11.2. The monoisotopic (exact) mass is 310 g/mol. The van der Waals surface area contributed by atoms with Gasteiger partial charge in [0, 0.05) is 18.0 Å². The lowest BCUT2D eigenvalue weighted by Gasteiger charge is -2.27. The maximum absolute atomic E-state index is 13.1. The summed E-state index contributed by atoms with van der Waals surface area (Å²) in [6.45, 7) is 2.01. The van der Waals surface area contributed by atoms with Gasteiger partial charge in [-0.15, -0.1) is 0 Å². The molecular formula is C18H18N2O3. The second-order valence-electron chi connectivity index (χ2n) is 5.31. The molecule has 1 heterocycles. The molecule has 5 heteroatoms. The summed E-state index contributed by atoms with van der Waals surface area (Å²) in [5.74, 6) is 0.0709. The van der Waals surface area contributed by atoms with E-state index in [0.29, 0.717) is 11.3 Å². The van der Waals surface area contributed by atoms with Crippen LogP contribution in [0.25, 0.3) is 0 Å². The summed E-state index contributed by atoms with van der Waals surface area (Å²) in [7, 11) is 1.45. The Bertz CT molecular complexity index is 756. The predicted octanol–water partition coefficient (Wildman–Crippen LogP) is 3.54. The first-order valence-electron chi connectivity index (χ1n) is 7.49. The number of amides is 1. The van der Waals surface area contributed by atoms with Gasteiger partial charge in [-0.2, -0.15) is 0 Å². The highest BCUT2D eigenvalue weighted by Crippen LogP contribution is 2.37. The summed E-state index contributed by atoms with van der Waals surface area (Å²) in [4.78, 5) is 19.2. The Labute approximate surface area is 134 Å². The van der Waals surface area contributed by atoms with Crippen LogP contribution < -0.4 is 9.64 Å². The van der Waals surface area contributed by atoms with Gasteiger partial charge in [-0.05, 0) is 24.6 Å². The van der Waals surface area contributed by atoms with Gasteiger partial charge in [0.1, 0.15) is 0 Å². The van der Waals surface area contributed by atoms with Crippen LogP contribution in [-0.4, -0.2) is 30.4 Å². The molecule has 2 aromatic rings. The van der Waals surface area contributed by atoms with Crippen molar-refractivity contribution in [2.75, 3.05) is 12.0 Å². The van der Waals surface area contributed by atoms with E-state index in [1.165, 1.54) is 13.2 Å². The molecule has 0 saturated carbocycles. The highest BCUT2D eigenvalue weighted by atomic mass is 16.5. The standard InChI is InChI=1S/C18H18N2O3/c1-3-12-11-19-15-10-16(21)17(23-2)9-14(15)18(22)20(12)13-7-5-4-6-8-13/h4-12,21H,3H2,1-2H3. The number of rotatable bonds is 3.